The molecule has 13 heteroatoms. The fraction of sp³-hybridized carbons (Fsp3) is 0.150. The highest BCUT2D eigenvalue weighted by atomic mass is 32.2. The highest BCUT2D eigenvalue weighted by Gasteiger charge is 2.36. The molecule has 2 aromatic carbocycles. The van der Waals surface area contributed by atoms with Gasteiger partial charge in [0.1, 0.15) is 11.1 Å². The van der Waals surface area contributed by atoms with E-state index >= 15 is 0 Å². The van der Waals surface area contributed by atoms with Crippen LogP contribution in [0.2, 0.25) is 0 Å². The van der Waals surface area contributed by atoms with Gasteiger partial charge in [-0.15, -0.1) is 16.9 Å². The zero-order valence-electron chi connectivity index (χ0n) is 17.0. The zero-order valence-corrected chi connectivity index (χ0v) is 17.9. The van der Waals surface area contributed by atoms with E-state index in [-0.39, 0.29) is 22.9 Å². The van der Waals surface area contributed by atoms with Gasteiger partial charge in [0.15, 0.2) is 5.65 Å². The van der Waals surface area contributed by atoms with Crippen LogP contribution in [-0.2, 0) is 4.79 Å². The highest BCUT2D eigenvalue weighted by molar-refractivity contribution is 8.00. The normalized spacial score (nSPS) is 15.8. The van der Waals surface area contributed by atoms with Crippen LogP contribution in [0.1, 0.15) is 21.3 Å². The predicted octanol–water partition coefficient (Wildman–Crippen LogP) is 2.11. The lowest BCUT2D eigenvalue weighted by atomic mass is 10.1. The number of hydrazine groups is 1. The van der Waals surface area contributed by atoms with Crippen molar-refractivity contribution in [2.75, 3.05) is 12.9 Å². The molecule has 4 aromatic rings. The van der Waals surface area contributed by atoms with Gasteiger partial charge in [-0.25, -0.2) is 5.01 Å². The Hall–Kier alpha value is -4.26. The number of carbonyl (C=O) groups excluding carboxylic acids is 2. The van der Waals surface area contributed by atoms with Gasteiger partial charge in [-0.2, -0.15) is 4.52 Å². The van der Waals surface area contributed by atoms with Gasteiger partial charge in [0.05, 0.1) is 23.3 Å². The molecular formula is C20H15N7O5S. The summed E-state index contributed by atoms with van der Waals surface area (Å²) in [6, 6.07) is 12.5. The number of thioether (sulfide) groups is 1. The molecule has 12 nitrogen and oxygen atoms in total. The highest BCUT2D eigenvalue weighted by Crippen LogP contribution is 2.40. The van der Waals surface area contributed by atoms with Gasteiger partial charge < -0.3 is 4.74 Å². The number of tetrazole rings is 1. The lowest BCUT2D eigenvalue weighted by molar-refractivity contribution is -0.384. The Kier molecular flexibility index (Phi) is 5.01. The van der Waals surface area contributed by atoms with E-state index in [1.54, 1.807) is 17.7 Å². The maximum Gasteiger partial charge on any atom is 0.269 e. The summed E-state index contributed by atoms with van der Waals surface area (Å²) in [5, 5.41) is 24.3. The van der Waals surface area contributed by atoms with Crippen molar-refractivity contribution in [2.24, 2.45) is 0 Å². The lowest BCUT2D eigenvalue weighted by Crippen LogP contribution is -2.44. The standard InChI is InChI=1S/C20H15N7O5S/c1-32-14-6-7-16-12(8-14)9-15(18-21-23-24-25(16)18)20-26(17(28)10-33-20)22-19(29)11-2-4-13(5-3-11)27(30)31/h2-9,20H,10H2,1H3,(H,22,29). The van der Waals surface area contributed by atoms with Gasteiger partial charge >= 0.3 is 0 Å². The summed E-state index contributed by atoms with van der Waals surface area (Å²) in [5.41, 5.74) is 4.52. The minimum Gasteiger partial charge on any atom is -0.497 e. The van der Waals surface area contributed by atoms with Gasteiger partial charge in [-0.1, -0.05) is 0 Å². The number of nitrogens with zero attached hydrogens (tertiary/aromatic N) is 6. The van der Waals surface area contributed by atoms with Crippen LogP contribution in [0.25, 0.3) is 16.6 Å². The summed E-state index contributed by atoms with van der Waals surface area (Å²) in [6.45, 7) is 0. The molecule has 0 radical (unpaired) electrons. The fourth-order valence-corrected chi connectivity index (χ4v) is 4.71. The van der Waals surface area contributed by atoms with E-state index in [2.05, 4.69) is 21.0 Å². The van der Waals surface area contributed by atoms with E-state index in [9.17, 15) is 19.7 Å². The molecule has 0 bridgehead atoms. The van der Waals surface area contributed by atoms with Gasteiger partial charge in [0.25, 0.3) is 17.5 Å². The molecule has 3 heterocycles. The number of hydrogen-bond acceptors (Lipinski definition) is 9. The Morgan fingerprint density at radius 3 is 2.76 bits per heavy atom. The number of pyridine rings is 1. The van der Waals surface area contributed by atoms with Gasteiger partial charge in [-0.3, -0.25) is 25.1 Å². The summed E-state index contributed by atoms with van der Waals surface area (Å²) in [7, 11) is 1.57. The van der Waals surface area contributed by atoms with Crippen molar-refractivity contribution >= 4 is 45.8 Å². The fourth-order valence-electron chi connectivity index (χ4n) is 3.59. The quantitative estimate of drug-likeness (QED) is 0.346. The Balaban J connectivity index is 1.51. The van der Waals surface area contributed by atoms with Crippen molar-refractivity contribution in [1.29, 1.82) is 0 Å². The average molecular weight is 465 g/mol. The number of nitrogens with one attached hydrogen (secondary N) is 1. The van der Waals surface area contributed by atoms with Crippen LogP contribution in [0.15, 0.2) is 48.5 Å². The van der Waals surface area contributed by atoms with Crippen molar-refractivity contribution in [2.45, 2.75) is 5.37 Å². The molecule has 5 rings (SSSR count). The third-order valence-electron chi connectivity index (χ3n) is 5.20. The number of ether oxygens (including phenoxy) is 1. The van der Waals surface area contributed by atoms with Crippen molar-refractivity contribution in [1.82, 2.24) is 30.5 Å². The number of nitro benzene ring substituents is 1. The second-order valence-corrected chi connectivity index (χ2v) is 8.18. The van der Waals surface area contributed by atoms with Crippen LogP contribution >= 0.6 is 11.8 Å². The number of benzene rings is 2. The number of methoxy groups -OCH3 is 1. The largest absolute Gasteiger partial charge is 0.497 e. The summed E-state index contributed by atoms with van der Waals surface area (Å²) in [4.78, 5) is 35.7. The molecule has 166 valence electrons. The number of nitro groups is 1. The number of non-ortho nitro benzene ring substituents is 1. The first-order chi connectivity index (χ1) is 16.0. The molecule has 0 spiro atoms. The summed E-state index contributed by atoms with van der Waals surface area (Å²) in [6.07, 6.45) is 0. The maximum absolute atomic E-state index is 12.8. The van der Waals surface area contributed by atoms with Gasteiger partial charge in [-0.05, 0) is 46.8 Å². The molecule has 1 atom stereocenters. The van der Waals surface area contributed by atoms with Crippen LogP contribution in [0.4, 0.5) is 5.69 Å². The summed E-state index contributed by atoms with van der Waals surface area (Å²) >= 11 is 1.32. The Labute approximate surface area is 189 Å². The number of carbonyl (C=O) groups is 2. The van der Waals surface area contributed by atoms with Crippen LogP contribution in [0.3, 0.4) is 0 Å². The molecular weight excluding hydrogens is 450 g/mol. The molecule has 1 N–H and O–H groups in total. The number of amides is 2. The lowest BCUT2D eigenvalue weighted by Gasteiger charge is -2.25. The van der Waals surface area contributed by atoms with Crippen LogP contribution in [-0.4, -0.2) is 54.7 Å². The molecule has 0 saturated carbocycles. The molecule has 1 aliphatic rings. The first-order valence-corrected chi connectivity index (χ1v) is 10.7. The predicted molar refractivity (Wildman–Crippen MR) is 117 cm³/mol. The second kappa shape index (κ2) is 8.02. The van der Waals surface area contributed by atoms with Crippen LogP contribution in [0.5, 0.6) is 5.75 Å². The monoisotopic (exact) mass is 465 g/mol. The van der Waals surface area contributed by atoms with Crippen LogP contribution < -0.4 is 10.2 Å². The van der Waals surface area contributed by atoms with E-state index in [1.807, 2.05) is 18.2 Å². The minimum atomic E-state index is -0.580. The SMILES string of the molecule is COc1ccc2c(c1)cc(C1SCC(=O)N1NC(=O)c1ccc([N+](=O)[O-])cc1)c1nnnn12. The maximum atomic E-state index is 12.8. The van der Waals surface area contributed by atoms with Crippen molar-refractivity contribution in [3.63, 3.8) is 0 Å². The number of hydrogen-bond donors (Lipinski definition) is 1. The number of fused-ring (bicyclic) bond motifs is 3. The number of aromatic nitrogens is 4. The summed E-state index contributed by atoms with van der Waals surface area (Å²) < 4.78 is 6.89. The third-order valence-corrected chi connectivity index (χ3v) is 6.39. The summed E-state index contributed by atoms with van der Waals surface area (Å²) in [5.74, 6) is -0.0606. The number of rotatable bonds is 5. The third kappa shape index (κ3) is 3.57. The topological polar surface area (TPSA) is 145 Å². The first-order valence-electron chi connectivity index (χ1n) is 9.64. The molecule has 0 aliphatic carbocycles. The second-order valence-electron chi connectivity index (χ2n) is 7.11. The first kappa shape index (κ1) is 20.6. The molecule has 1 fully saturated rings. The minimum absolute atomic E-state index is 0.134. The van der Waals surface area contributed by atoms with E-state index in [0.717, 1.165) is 10.9 Å². The van der Waals surface area contributed by atoms with E-state index in [1.165, 1.54) is 41.0 Å². The van der Waals surface area contributed by atoms with Crippen molar-refractivity contribution in [3.8, 4) is 5.75 Å². The molecule has 1 unspecified atom stereocenters. The molecule has 33 heavy (non-hydrogen) atoms. The molecule has 2 amide bonds. The van der Waals surface area contributed by atoms with Crippen molar-refractivity contribution < 1.29 is 19.2 Å². The Morgan fingerprint density at radius 1 is 1.24 bits per heavy atom. The average Bonchev–Trinajstić information content (AvgIpc) is 3.46. The molecule has 2 aromatic heterocycles. The molecule has 1 aliphatic heterocycles. The molecule has 1 saturated heterocycles. The van der Waals surface area contributed by atoms with Gasteiger partial charge in [0.2, 0.25) is 0 Å². The zero-order chi connectivity index (χ0) is 23.1. The van der Waals surface area contributed by atoms with Crippen molar-refractivity contribution in [3.05, 3.63) is 69.8 Å². The Bertz CT molecular complexity index is 1420. The van der Waals surface area contributed by atoms with Gasteiger partial charge in [0, 0.05) is 28.6 Å². The van der Waals surface area contributed by atoms with E-state index in [4.69, 9.17) is 4.74 Å². The van der Waals surface area contributed by atoms with Crippen LogP contribution in [0, 0.1) is 10.1 Å². The van der Waals surface area contributed by atoms with E-state index < -0.39 is 16.2 Å². The Morgan fingerprint density at radius 2 is 2.03 bits per heavy atom. The van der Waals surface area contributed by atoms with E-state index in [0.29, 0.717) is 17.0 Å². The smallest absolute Gasteiger partial charge is 0.269 e.